The molecule has 1 fully saturated rings. The molecule has 0 saturated carbocycles. The normalized spacial score (nSPS) is 18.8. The minimum absolute atomic E-state index is 0.153. The van der Waals surface area contributed by atoms with Crippen LogP contribution in [-0.2, 0) is 6.54 Å². The molecule has 0 aliphatic carbocycles. The fraction of sp³-hybridized carbons (Fsp3) is 0.444. The second-order valence-corrected chi connectivity index (χ2v) is 6.42. The first-order valence-corrected chi connectivity index (χ1v) is 8.70. The number of H-pyrrole nitrogens is 1. The molecule has 3 N–H and O–H groups in total. The fourth-order valence-electron chi connectivity index (χ4n) is 3.15. The highest BCUT2D eigenvalue weighted by Gasteiger charge is 2.26. The van der Waals surface area contributed by atoms with E-state index in [1.54, 1.807) is 6.20 Å². The maximum Gasteiger partial charge on any atom is 0.315 e. The van der Waals surface area contributed by atoms with Crippen molar-refractivity contribution in [3.63, 3.8) is 0 Å². The van der Waals surface area contributed by atoms with E-state index < -0.39 is 0 Å². The summed E-state index contributed by atoms with van der Waals surface area (Å²) in [5.41, 5.74) is 2.22. The number of nitrogens with one attached hydrogen (secondary N) is 3. The van der Waals surface area contributed by atoms with E-state index in [9.17, 15) is 4.79 Å². The van der Waals surface area contributed by atoms with Gasteiger partial charge < -0.3 is 15.5 Å². The lowest BCUT2D eigenvalue weighted by Gasteiger charge is -2.40. The fourth-order valence-corrected chi connectivity index (χ4v) is 3.15. The van der Waals surface area contributed by atoms with Crippen molar-refractivity contribution < 1.29 is 4.79 Å². The number of likely N-dealkylation sites (N-methyl/N-ethyl adjacent to an activating group) is 1. The number of urea groups is 1. The Hall–Kier alpha value is -2.38. The Balaban J connectivity index is 1.46. The molecule has 7 heteroatoms. The molecular weight excluding hydrogens is 316 g/mol. The predicted octanol–water partition coefficient (Wildman–Crippen LogP) is 1.20. The van der Waals surface area contributed by atoms with Gasteiger partial charge in [-0.2, -0.15) is 5.10 Å². The Labute approximate surface area is 148 Å². The molecule has 25 heavy (non-hydrogen) atoms. The number of aromatic amines is 1. The van der Waals surface area contributed by atoms with Gasteiger partial charge in [0, 0.05) is 45.0 Å². The van der Waals surface area contributed by atoms with Crippen molar-refractivity contribution in [1.29, 1.82) is 0 Å². The van der Waals surface area contributed by atoms with Crippen molar-refractivity contribution in [2.45, 2.75) is 12.6 Å². The third-order valence-corrected chi connectivity index (χ3v) is 4.56. The minimum Gasteiger partial charge on any atom is -0.337 e. The molecule has 1 atom stereocenters. The van der Waals surface area contributed by atoms with Crippen LogP contribution in [0, 0.1) is 0 Å². The van der Waals surface area contributed by atoms with E-state index in [0.717, 1.165) is 31.9 Å². The summed E-state index contributed by atoms with van der Waals surface area (Å²) in [6.45, 7) is 4.98. The predicted molar refractivity (Wildman–Crippen MR) is 97.1 cm³/mol. The average molecular weight is 342 g/mol. The SMILES string of the molecule is CN1CCN(CCNC(=O)NCc2ccn[nH]2)[C@@H](c2ccccc2)C1. The summed E-state index contributed by atoms with van der Waals surface area (Å²) in [6, 6.07) is 12.6. The van der Waals surface area contributed by atoms with E-state index in [1.807, 2.05) is 12.1 Å². The smallest absolute Gasteiger partial charge is 0.315 e. The Kier molecular flexibility index (Phi) is 6.03. The first-order valence-electron chi connectivity index (χ1n) is 8.70. The zero-order valence-electron chi connectivity index (χ0n) is 14.6. The molecular formula is C18H26N6O. The van der Waals surface area contributed by atoms with Crippen LogP contribution < -0.4 is 10.6 Å². The van der Waals surface area contributed by atoms with E-state index in [-0.39, 0.29) is 6.03 Å². The van der Waals surface area contributed by atoms with Crippen molar-refractivity contribution in [1.82, 2.24) is 30.6 Å². The van der Waals surface area contributed by atoms with Gasteiger partial charge in [0.1, 0.15) is 0 Å². The van der Waals surface area contributed by atoms with Crippen LogP contribution in [0.4, 0.5) is 4.79 Å². The first-order chi connectivity index (χ1) is 12.2. The molecule has 3 rings (SSSR count). The number of benzene rings is 1. The summed E-state index contributed by atoms with van der Waals surface area (Å²) >= 11 is 0. The quantitative estimate of drug-likeness (QED) is 0.737. The van der Waals surface area contributed by atoms with E-state index in [4.69, 9.17) is 0 Å². The topological polar surface area (TPSA) is 76.3 Å². The van der Waals surface area contributed by atoms with Gasteiger partial charge >= 0.3 is 6.03 Å². The summed E-state index contributed by atoms with van der Waals surface area (Å²) in [5.74, 6) is 0. The van der Waals surface area contributed by atoms with Gasteiger partial charge in [0.2, 0.25) is 0 Å². The largest absolute Gasteiger partial charge is 0.337 e. The number of hydrogen-bond donors (Lipinski definition) is 3. The lowest BCUT2D eigenvalue weighted by atomic mass is 10.0. The van der Waals surface area contributed by atoms with Gasteiger partial charge in [-0.1, -0.05) is 30.3 Å². The third kappa shape index (κ3) is 5.04. The molecule has 134 valence electrons. The molecule has 2 aromatic rings. The van der Waals surface area contributed by atoms with Crippen LogP contribution in [0.2, 0.25) is 0 Å². The standard InChI is InChI=1S/C18H26N6O/c1-23-11-12-24(17(14-23)15-5-3-2-4-6-15)10-9-19-18(25)20-13-16-7-8-21-22-16/h2-8,17H,9-14H2,1H3,(H,21,22)(H2,19,20,25)/t17-/m1/s1. The molecule has 1 saturated heterocycles. The third-order valence-electron chi connectivity index (χ3n) is 4.56. The number of aromatic nitrogens is 2. The molecule has 0 radical (unpaired) electrons. The number of rotatable bonds is 6. The highest BCUT2D eigenvalue weighted by Crippen LogP contribution is 2.24. The van der Waals surface area contributed by atoms with Crippen LogP contribution in [-0.4, -0.2) is 65.8 Å². The first kappa shape index (κ1) is 17.4. The second kappa shape index (κ2) is 8.64. The minimum atomic E-state index is -0.153. The number of carbonyl (C=O) groups is 1. The maximum absolute atomic E-state index is 11.9. The van der Waals surface area contributed by atoms with Crippen molar-refractivity contribution in [2.24, 2.45) is 0 Å². The van der Waals surface area contributed by atoms with E-state index in [2.05, 4.69) is 61.9 Å². The molecule has 2 amide bonds. The molecule has 0 unspecified atom stereocenters. The van der Waals surface area contributed by atoms with Gasteiger partial charge in [0.15, 0.2) is 0 Å². The van der Waals surface area contributed by atoms with Crippen LogP contribution in [0.1, 0.15) is 17.3 Å². The number of hydrogen-bond acceptors (Lipinski definition) is 4. The number of amides is 2. The lowest BCUT2D eigenvalue weighted by Crippen LogP contribution is -2.49. The monoisotopic (exact) mass is 342 g/mol. The van der Waals surface area contributed by atoms with Crippen LogP contribution >= 0.6 is 0 Å². The van der Waals surface area contributed by atoms with Crippen molar-refractivity contribution in [3.05, 3.63) is 53.9 Å². The number of nitrogens with zero attached hydrogens (tertiary/aromatic N) is 3. The number of piperazine rings is 1. The van der Waals surface area contributed by atoms with Gasteiger partial charge in [0.25, 0.3) is 0 Å². The summed E-state index contributed by atoms with van der Waals surface area (Å²) in [7, 11) is 2.16. The van der Waals surface area contributed by atoms with Crippen LogP contribution in [0.25, 0.3) is 0 Å². The van der Waals surface area contributed by atoms with E-state index >= 15 is 0 Å². The average Bonchev–Trinajstić information content (AvgIpc) is 3.15. The van der Waals surface area contributed by atoms with Gasteiger partial charge in [-0.15, -0.1) is 0 Å². The molecule has 0 spiro atoms. The molecule has 0 bridgehead atoms. The summed E-state index contributed by atoms with van der Waals surface area (Å²) in [6.07, 6.45) is 1.67. The van der Waals surface area contributed by atoms with Gasteiger partial charge in [0.05, 0.1) is 12.2 Å². The lowest BCUT2D eigenvalue weighted by molar-refractivity contribution is 0.0911. The van der Waals surface area contributed by atoms with Crippen molar-refractivity contribution in [3.8, 4) is 0 Å². The number of carbonyl (C=O) groups excluding carboxylic acids is 1. The summed E-state index contributed by atoms with van der Waals surface area (Å²) in [5, 5.41) is 12.4. The highest BCUT2D eigenvalue weighted by molar-refractivity contribution is 5.73. The van der Waals surface area contributed by atoms with Gasteiger partial charge in [-0.05, 0) is 18.7 Å². The Morgan fingerprint density at radius 3 is 2.84 bits per heavy atom. The van der Waals surface area contributed by atoms with Crippen LogP contribution in [0.5, 0.6) is 0 Å². The molecule has 1 aromatic heterocycles. The molecule has 7 nitrogen and oxygen atoms in total. The zero-order valence-corrected chi connectivity index (χ0v) is 14.6. The van der Waals surface area contributed by atoms with E-state index in [0.29, 0.717) is 19.1 Å². The Morgan fingerprint density at radius 2 is 2.08 bits per heavy atom. The Bertz CT molecular complexity index is 645. The molecule has 1 aliphatic rings. The molecule has 1 aromatic carbocycles. The molecule has 2 heterocycles. The summed E-state index contributed by atoms with van der Waals surface area (Å²) < 4.78 is 0. The second-order valence-electron chi connectivity index (χ2n) is 6.42. The van der Waals surface area contributed by atoms with Gasteiger partial charge in [-0.25, -0.2) is 4.79 Å². The molecule has 1 aliphatic heterocycles. The van der Waals surface area contributed by atoms with Gasteiger partial charge in [-0.3, -0.25) is 10.00 Å². The van der Waals surface area contributed by atoms with Crippen LogP contribution in [0.3, 0.4) is 0 Å². The highest BCUT2D eigenvalue weighted by atomic mass is 16.2. The van der Waals surface area contributed by atoms with Crippen molar-refractivity contribution in [2.75, 3.05) is 39.8 Å². The van der Waals surface area contributed by atoms with Crippen LogP contribution in [0.15, 0.2) is 42.6 Å². The van der Waals surface area contributed by atoms with Crippen molar-refractivity contribution >= 4 is 6.03 Å². The zero-order chi connectivity index (χ0) is 17.5. The maximum atomic E-state index is 11.9. The van der Waals surface area contributed by atoms with E-state index in [1.165, 1.54) is 5.56 Å². The summed E-state index contributed by atoms with van der Waals surface area (Å²) in [4.78, 5) is 16.7. The Morgan fingerprint density at radius 1 is 1.24 bits per heavy atom.